The minimum atomic E-state index is -1.41. The van der Waals surface area contributed by atoms with E-state index in [1.165, 1.54) is 0 Å². The van der Waals surface area contributed by atoms with Gasteiger partial charge in [-0.25, -0.2) is 0 Å². The third kappa shape index (κ3) is 3.61. The average Bonchev–Trinajstić information content (AvgIpc) is 3.06. The van der Waals surface area contributed by atoms with Gasteiger partial charge in [-0.15, -0.1) is 9.44 Å². The zero-order valence-electron chi connectivity index (χ0n) is 15.4. The Morgan fingerprint density at radius 2 is 1.89 bits per heavy atom. The molecular formula is C20H23N5OS2. The van der Waals surface area contributed by atoms with E-state index in [-0.39, 0.29) is 0 Å². The van der Waals surface area contributed by atoms with Crippen LogP contribution in [0.15, 0.2) is 48.7 Å². The number of fused-ring (bicyclic) bond motifs is 1. The molecule has 1 aliphatic heterocycles. The Morgan fingerprint density at radius 1 is 1.14 bits per heavy atom. The second kappa shape index (κ2) is 7.73. The van der Waals surface area contributed by atoms with Gasteiger partial charge in [0.25, 0.3) is 0 Å². The highest BCUT2D eigenvalue weighted by molar-refractivity contribution is 7.86. The molecule has 2 heterocycles. The van der Waals surface area contributed by atoms with E-state index in [0.717, 1.165) is 46.1 Å². The number of nitrogen functional groups attached to an aromatic ring is 1. The molecule has 0 saturated carbocycles. The van der Waals surface area contributed by atoms with Gasteiger partial charge in [-0.2, -0.15) is 0 Å². The van der Waals surface area contributed by atoms with Crippen LogP contribution >= 0.6 is 12.2 Å². The summed E-state index contributed by atoms with van der Waals surface area (Å²) in [5, 5.41) is 6.67. The number of nitrogens with two attached hydrogens (primary N) is 3. The predicted molar refractivity (Wildman–Crippen MR) is 120 cm³/mol. The Hall–Kier alpha value is -2.10. The lowest BCUT2D eigenvalue weighted by molar-refractivity contribution is 0.278. The summed E-state index contributed by atoms with van der Waals surface area (Å²) in [6, 6.07) is 14.3. The molecule has 1 fully saturated rings. The average molecular weight is 414 g/mol. The molecule has 1 saturated heterocycles. The van der Waals surface area contributed by atoms with Crippen molar-refractivity contribution in [1.29, 1.82) is 0 Å². The number of anilines is 1. The monoisotopic (exact) mass is 413 g/mol. The molecule has 146 valence electrons. The molecule has 6 nitrogen and oxygen atoms in total. The lowest BCUT2D eigenvalue weighted by atomic mass is 10.0. The van der Waals surface area contributed by atoms with Gasteiger partial charge in [-0.1, -0.05) is 36.5 Å². The van der Waals surface area contributed by atoms with Crippen molar-refractivity contribution in [2.75, 3.05) is 18.8 Å². The van der Waals surface area contributed by atoms with E-state index in [1.54, 1.807) is 0 Å². The van der Waals surface area contributed by atoms with Crippen molar-refractivity contribution in [3.8, 4) is 11.1 Å². The molecule has 1 atom stereocenters. The molecule has 2 aromatic carbocycles. The topological polar surface area (TPSA) is 109 Å². The maximum absolute atomic E-state index is 11.5. The first-order valence-corrected chi connectivity index (χ1v) is 10.7. The van der Waals surface area contributed by atoms with Crippen molar-refractivity contribution >= 4 is 45.3 Å². The SMILES string of the molecule is NC(=S)c1cccc(-c2cn(C3CCN([S+](N)[O-])CC3)c3cc(N)ccc23)c1. The number of piperidine rings is 1. The van der Waals surface area contributed by atoms with Crippen LogP contribution in [0.3, 0.4) is 0 Å². The summed E-state index contributed by atoms with van der Waals surface area (Å²) in [5.41, 5.74) is 16.8. The second-order valence-electron chi connectivity index (χ2n) is 7.11. The molecular weight excluding hydrogens is 390 g/mol. The quantitative estimate of drug-likeness (QED) is 0.345. The fraction of sp³-hybridized carbons (Fsp3) is 0.250. The maximum Gasteiger partial charge on any atom is 0.134 e. The zero-order valence-corrected chi connectivity index (χ0v) is 17.0. The minimum absolute atomic E-state index is 0.302. The summed E-state index contributed by atoms with van der Waals surface area (Å²) in [6.45, 7) is 1.42. The molecule has 1 aliphatic rings. The molecule has 0 radical (unpaired) electrons. The smallest absolute Gasteiger partial charge is 0.134 e. The van der Waals surface area contributed by atoms with Crippen molar-refractivity contribution in [3.63, 3.8) is 0 Å². The molecule has 6 N–H and O–H groups in total. The van der Waals surface area contributed by atoms with Gasteiger partial charge in [-0.3, -0.25) is 0 Å². The Balaban J connectivity index is 1.78. The Kier molecular flexibility index (Phi) is 5.31. The molecule has 0 spiro atoms. The molecule has 1 unspecified atom stereocenters. The van der Waals surface area contributed by atoms with Crippen LogP contribution in [0.25, 0.3) is 22.0 Å². The molecule has 4 rings (SSSR count). The van der Waals surface area contributed by atoms with Crippen LogP contribution in [0.1, 0.15) is 24.4 Å². The highest BCUT2D eigenvalue weighted by Gasteiger charge is 2.27. The molecule has 3 aromatic rings. The van der Waals surface area contributed by atoms with Crippen LogP contribution in [0.5, 0.6) is 0 Å². The van der Waals surface area contributed by atoms with Crippen LogP contribution in [0.4, 0.5) is 5.69 Å². The maximum atomic E-state index is 11.5. The molecule has 0 bridgehead atoms. The van der Waals surface area contributed by atoms with Crippen molar-refractivity contribution < 1.29 is 4.55 Å². The van der Waals surface area contributed by atoms with Gasteiger partial charge >= 0.3 is 0 Å². The van der Waals surface area contributed by atoms with Gasteiger partial charge in [0, 0.05) is 47.5 Å². The summed E-state index contributed by atoms with van der Waals surface area (Å²) in [7, 11) is 0. The number of hydrogen-bond acceptors (Lipinski definition) is 5. The molecule has 0 amide bonds. The highest BCUT2D eigenvalue weighted by Crippen LogP contribution is 2.36. The first kappa shape index (κ1) is 19.2. The van der Waals surface area contributed by atoms with E-state index in [4.69, 9.17) is 28.8 Å². The van der Waals surface area contributed by atoms with Gasteiger partial charge in [0.05, 0.1) is 5.52 Å². The third-order valence-electron chi connectivity index (χ3n) is 5.39. The lowest BCUT2D eigenvalue weighted by Crippen LogP contribution is -2.42. The molecule has 8 heteroatoms. The summed E-state index contributed by atoms with van der Waals surface area (Å²) < 4.78 is 15.7. The highest BCUT2D eigenvalue weighted by atomic mass is 32.2. The Labute approximate surface area is 172 Å². The van der Waals surface area contributed by atoms with Crippen molar-refractivity contribution in [1.82, 2.24) is 8.87 Å². The van der Waals surface area contributed by atoms with E-state index in [9.17, 15) is 4.55 Å². The summed E-state index contributed by atoms with van der Waals surface area (Å²) >= 11 is 3.73. The largest absolute Gasteiger partial charge is 0.579 e. The van der Waals surface area contributed by atoms with Gasteiger partial charge < -0.3 is 20.6 Å². The fourth-order valence-electron chi connectivity index (χ4n) is 3.94. The van der Waals surface area contributed by atoms with Gasteiger partial charge in [0.15, 0.2) is 0 Å². The predicted octanol–water partition coefficient (Wildman–Crippen LogP) is 2.70. The number of hydrogen-bond donors (Lipinski definition) is 3. The van der Waals surface area contributed by atoms with Crippen molar-refractivity contribution in [2.24, 2.45) is 10.9 Å². The standard InChI is InChI=1S/C20H23N5OS2/c21-15-4-5-17-18(13-2-1-3-14(10-13)20(22)27)12-25(19(17)11-15)16-6-8-24(9-7-16)28(23)26/h1-5,10-12,16H,6-9,21,23H2,(H2,22,27). The van der Waals surface area contributed by atoms with E-state index in [2.05, 4.69) is 22.9 Å². The Bertz CT molecular complexity index is 1020. The zero-order chi connectivity index (χ0) is 19.8. The Morgan fingerprint density at radius 3 is 2.57 bits per heavy atom. The van der Waals surface area contributed by atoms with E-state index >= 15 is 0 Å². The normalized spacial score (nSPS) is 17.1. The van der Waals surface area contributed by atoms with E-state index in [1.807, 2.05) is 34.6 Å². The van der Waals surface area contributed by atoms with Gasteiger partial charge in [0.2, 0.25) is 0 Å². The first-order valence-electron chi connectivity index (χ1n) is 9.15. The van der Waals surface area contributed by atoms with Gasteiger partial charge in [-0.05, 0) is 36.6 Å². The van der Waals surface area contributed by atoms with Gasteiger partial charge in [0.1, 0.15) is 16.5 Å². The van der Waals surface area contributed by atoms with Crippen LogP contribution in [-0.4, -0.2) is 31.5 Å². The summed E-state index contributed by atoms with van der Waals surface area (Å²) in [4.78, 5) is 0.386. The van der Waals surface area contributed by atoms with Crippen LogP contribution in [-0.2, 0) is 11.5 Å². The number of rotatable bonds is 4. The number of thiocarbonyl (C=S) groups is 1. The number of benzene rings is 2. The number of nitrogens with zero attached hydrogens (tertiary/aromatic N) is 2. The molecule has 1 aromatic heterocycles. The van der Waals surface area contributed by atoms with Crippen LogP contribution in [0.2, 0.25) is 0 Å². The fourth-order valence-corrected chi connectivity index (χ4v) is 4.64. The van der Waals surface area contributed by atoms with Crippen molar-refractivity contribution in [2.45, 2.75) is 18.9 Å². The minimum Gasteiger partial charge on any atom is -0.579 e. The lowest BCUT2D eigenvalue weighted by Gasteiger charge is -2.30. The molecule has 28 heavy (non-hydrogen) atoms. The third-order valence-corrected chi connectivity index (χ3v) is 6.50. The number of aromatic nitrogens is 1. The summed E-state index contributed by atoms with van der Waals surface area (Å²) in [6.07, 6.45) is 3.95. The molecule has 0 aliphatic carbocycles. The first-order chi connectivity index (χ1) is 13.4. The van der Waals surface area contributed by atoms with Crippen LogP contribution in [0, 0.1) is 0 Å². The van der Waals surface area contributed by atoms with Crippen LogP contribution < -0.4 is 16.6 Å². The van der Waals surface area contributed by atoms with E-state index < -0.39 is 11.5 Å². The summed E-state index contributed by atoms with van der Waals surface area (Å²) in [5.74, 6) is 0. The second-order valence-corrected chi connectivity index (χ2v) is 8.62. The van der Waals surface area contributed by atoms with Crippen molar-refractivity contribution in [3.05, 3.63) is 54.2 Å². The van der Waals surface area contributed by atoms with E-state index in [0.29, 0.717) is 24.1 Å².